The molecule has 12 heavy (non-hydrogen) atoms. The molecule has 1 atom stereocenters. The Morgan fingerprint density at radius 1 is 1.33 bits per heavy atom. The minimum Gasteiger partial charge on any atom is -0.378 e. The predicted molar refractivity (Wildman–Crippen MR) is 49.9 cm³/mol. The Kier molecular flexibility index (Phi) is 3.98. The summed E-state index contributed by atoms with van der Waals surface area (Å²) in [6.45, 7) is 8.27. The van der Waals surface area contributed by atoms with Crippen LogP contribution < -0.4 is 5.32 Å². The second kappa shape index (κ2) is 4.80. The van der Waals surface area contributed by atoms with Crippen LogP contribution in [0.4, 0.5) is 0 Å². The smallest absolute Gasteiger partial charge is 0.107 e. The Bertz CT molecular complexity index is 122. The third-order valence-electron chi connectivity index (χ3n) is 2.26. The van der Waals surface area contributed by atoms with Gasteiger partial charge in [-0.1, -0.05) is 13.8 Å². The Morgan fingerprint density at radius 2 is 1.92 bits per heavy atom. The second-order valence-corrected chi connectivity index (χ2v) is 3.90. The second-order valence-electron chi connectivity index (χ2n) is 3.90. The van der Waals surface area contributed by atoms with Crippen molar-refractivity contribution in [1.82, 2.24) is 10.2 Å². The van der Waals surface area contributed by atoms with Crippen LogP contribution in [0.15, 0.2) is 0 Å². The number of hydrogen-bond donors (Lipinski definition) is 2. The Hall–Kier alpha value is -0.120. The van der Waals surface area contributed by atoms with E-state index >= 15 is 0 Å². The fourth-order valence-corrected chi connectivity index (χ4v) is 1.55. The lowest BCUT2D eigenvalue weighted by Crippen LogP contribution is -2.48. The quantitative estimate of drug-likeness (QED) is 0.641. The molecule has 3 nitrogen and oxygen atoms in total. The van der Waals surface area contributed by atoms with Gasteiger partial charge in [0.05, 0.1) is 0 Å². The lowest BCUT2D eigenvalue weighted by atomic mass is 10.1. The molecule has 1 aliphatic rings. The highest BCUT2D eigenvalue weighted by molar-refractivity contribution is 4.70. The van der Waals surface area contributed by atoms with Crippen molar-refractivity contribution in [2.45, 2.75) is 26.5 Å². The van der Waals surface area contributed by atoms with E-state index in [9.17, 15) is 5.11 Å². The van der Waals surface area contributed by atoms with E-state index in [1.807, 2.05) is 0 Å². The van der Waals surface area contributed by atoms with Crippen molar-refractivity contribution in [3.8, 4) is 0 Å². The largest absolute Gasteiger partial charge is 0.378 e. The van der Waals surface area contributed by atoms with Crippen molar-refractivity contribution < 1.29 is 5.11 Å². The monoisotopic (exact) mass is 172 g/mol. The molecule has 1 rings (SSSR count). The molecule has 0 aromatic carbocycles. The molecule has 1 fully saturated rings. The molecule has 2 N–H and O–H groups in total. The summed E-state index contributed by atoms with van der Waals surface area (Å²) in [6, 6.07) is 0. The fraction of sp³-hybridized carbons (Fsp3) is 1.00. The first-order valence-corrected chi connectivity index (χ1v) is 4.83. The van der Waals surface area contributed by atoms with Gasteiger partial charge >= 0.3 is 0 Å². The summed E-state index contributed by atoms with van der Waals surface area (Å²) in [7, 11) is 0. The van der Waals surface area contributed by atoms with Crippen molar-refractivity contribution in [2.24, 2.45) is 5.92 Å². The van der Waals surface area contributed by atoms with Crippen molar-refractivity contribution in [3.63, 3.8) is 0 Å². The van der Waals surface area contributed by atoms with Crippen LogP contribution in [0.1, 0.15) is 20.3 Å². The summed E-state index contributed by atoms with van der Waals surface area (Å²) in [5, 5.41) is 13.0. The van der Waals surface area contributed by atoms with Crippen LogP contribution >= 0.6 is 0 Å². The van der Waals surface area contributed by atoms with Crippen LogP contribution in [0.25, 0.3) is 0 Å². The molecule has 1 unspecified atom stereocenters. The van der Waals surface area contributed by atoms with E-state index in [4.69, 9.17) is 0 Å². The van der Waals surface area contributed by atoms with Crippen LogP contribution in [0, 0.1) is 5.92 Å². The van der Waals surface area contributed by atoms with Crippen LogP contribution in [0.5, 0.6) is 0 Å². The average Bonchev–Trinajstić information content (AvgIpc) is 2.05. The summed E-state index contributed by atoms with van der Waals surface area (Å²) in [5.41, 5.74) is 0. The molecular weight excluding hydrogens is 152 g/mol. The van der Waals surface area contributed by atoms with E-state index in [0.29, 0.717) is 5.92 Å². The van der Waals surface area contributed by atoms with Gasteiger partial charge in [0.15, 0.2) is 0 Å². The topological polar surface area (TPSA) is 35.5 Å². The van der Waals surface area contributed by atoms with Gasteiger partial charge in [-0.25, -0.2) is 0 Å². The molecule has 1 saturated heterocycles. The summed E-state index contributed by atoms with van der Waals surface area (Å²) < 4.78 is 0. The maximum atomic E-state index is 9.74. The van der Waals surface area contributed by atoms with Gasteiger partial charge < -0.3 is 10.4 Å². The first-order valence-electron chi connectivity index (χ1n) is 4.83. The van der Waals surface area contributed by atoms with Gasteiger partial charge in [-0.2, -0.15) is 0 Å². The fourth-order valence-electron chi connectivity index (χ4n) is 1.55. The molecule has 0 aliphatic carbocycles. The number of aliphatic hydroxyl groups is 1. The highest BCUT2D eigenvalue weighted by Gasteiger charge is 2.18. The molecule has 0 radical (unpaired) electrons. The maximum absolute atomic E-state index is 9.74. The summed E-state index contributed by atoms with van der Waals surface area (Å²) in [5.74, 6) is 0.579. The Balaban J connectivity index is 2.24. The minimum atomic E-state index is -0.230. The van der Waals surface area contributed by atoms with Crippen molar-refractivity contribution in [2.75, 3.05) is 26.2 Å². The number of hydrogen-bond acceptors (Lipinski definition) is 3. The van der Waals surface area contributed by atoms with Crippen molar-refractivity contribution in [3.05, 3.63) is 0 Å². The first kappa shape index (κ1) is 9.96. The SMILES string of the molecule is CC(C)CC(O)N1CCNCC1. The first-order chi connectivity index (χ1) is 5.70. The number of piperazine rings is 1. The Labute approximate surface area is 74.8 Å². The molecule has 0 spiro atoms. The van der Waals surface area contributed by atoms with Crippen LogP contribution in [-0.4, -0.2) is 42.4 Å². The van der Waals surface area contributed by atoms with Gasteiger partial charge in [-0.3, -0.25) is 4.90 Å². The lowest BCUT2D eigenvalue weighted by molar-refractivity contribution is -0.0170. The van der Waals surface area contributed by atoms with Gasteiger partial charge in [-0.15, -0.1) is 0 Å². The van der Waals surface area contributed by atoms with Gasteiger partial charge in [0, 0.05) is 26.2 Å². The Morgan fingerprint density at radius 3 is 2.42 bits per heavy atom. The van der Waals surface area contributed by atoms with Crippen LogP contribution in [-0.2, 0) is 0 Å². The van der Waals surface area contributed by atoms with E-state index in [1.165, 1.54) is 0 Å². The molecule has 0 bridgehead atoms. The van der Waals surface area contributed by atoms with E-state index in [1.54, 1.807) is 0 Å². The summed E-state index contributed by atoms with van der Waals surface area (Å²) in [6.07, 6.45) is 0.659. The number of rotatable bonds is 3. The third-order valence-corrected chi connectivity index (χ3v) is 2.26. The van der Waals surface area contributed by atoms with Crippen molar-refractivity contribution >= 4 is 0 Å². The zero-order valence-electron chi connectivity index (χ0n) is 8.08. The van der Waals surface area contributed by atoms with E-state index in [0.717, 1.165) is 32.6 Å². The molecule has 1 heterocycles. The molecule has 0 saturated carbocycles. The van der Waals surface area contributed by atoms with Crippen LogP contribution in [0.2, 0.25) is 0 Å². The van der Waals surface area contributed by atoms with Gasteiger partial charge in [0.25, 0.3) is 0 Å². The number of aliphatic hydroxyl groups excluding tert-OH is 1. The average molecular weight is 172 g/mol. The standard InChI is InChI=1S/C9H20N2O/c1-8(2)7-9(12)11-5-3-10-4-6-11/h8-10,12H,3-7H2,1-2H3. The molecule has 1 aliphatic heterocycles. The lowest BCUT2D eigenvalue weighted by Gasteiger charge is -2.32. The maximum Gasteiger partial charge on any atom is 0.107 e. The molecule has 0 aromatic rings. The summed E-state index contributed by atoms with van der Waals surface area (Å²) in [4.78, 5) is 2.15. The summed E-state index contributed by atoms with van der Waals surface area (Å²) >= 11 is 0. The molecule has 0 aromatic heterocycles. The van der Waals surface area contributed by atoms with Gasteiger partial charge in [0.1, 0.15) is 6.23 Å². The highest BCUT2D eigenvalue weighted by atomic mass is 16.3. The van der Waals surface area contributed by atoms with Gasteiger partial charge in [-0.05, 0) is 12.3 Å². The number of nitrogens with one attached hydrogen (secondary N) is 1. The van der Waals surface area contributed by atoms with E-state index in [2.05, 4.69) is 24.1 Å². The third kappa shape index (κ3) is 3.09. The zero-order chi connectivity index (χ0) is 8.97. The molecular formula is C9H20N2O. The van der Waals surface area contributed by atoms with Crippen molar-refractivity contribution in [1.29, 1.82) is 0 Å². The molecule has 72 valence electrons. The number of nitrogens with zero attached hydrogens (tertiary/aromatic N) is 1. The predicted octanol–water partition coefficient (Wildman–Crippen LogP) is 0.256. The zero-order valence-corrected chi connectivity index (χ0v) is 8.08. The molecule has 0 amide bonds. The molecule has 3 heteroatoms. The minimum absolute atomic E-state index is 0.230. The van der Waals surface area contributed by atoms with Crippen LogP contribution in [0.3, 0.4) is 0 Å². The van der Waals surface area contributed by atoms with E-state index < -0.39 is 0 Å². The highest BCUT2D eigenvalue weighted by Crippen LogP contribution is 2.09. The normalized spacial score (nSPS) is 23.0. The van der Waals surface area contributed by atoms with Gasteiger partial charge in [0.2, 0.25) is 0 Å². The van der Waals surface area contributed by atoms with E-state index in [-0.39, 0.29) is 6.23 Å².